The number of hydrogen-bond acceptors (Lipinski definition) is 8. The molecule has 2 aromatic heterocycles. The SMILES string of the molecule is CC(C)(C)OC(=O)N1CC(C2=Cc3cc(CCCCn4cc(C(=O)NCc5cccc(OC(F)(F)F)c5)nn4)nnc3C2)C1. The number of unbranched alkanes of at least 4 members (excludes halogenated alkanes) is 1. The number of nitrogens with zero attached hydrogens (tertiary/aromatic N) is 6. The Labute approximate surface area is 252 Å². The number of nitrogens with one attached hydrogen (secondary N) is 1. The maximum atomic E-state index is 12.5. The molecular weight excluding hydrogens is 579 g/mol. The number of hydrogen-bond donors (Lipinski definition) is 1. The Morgan fingerprint density at radius 2 is 1.86 bits per heavy atom. The van der Waals surface area contributed by atoms with Crippen molar-refractivity contribution in [1.82, 2.24) is 35.4 Å². The maximum absolute atomic E-state index is 12.5. The van der Waals surface area contributed by atoms with Crippen molar-refractivity contribution in [3.63, 3.8) is 0 Å². The molecule has 3 heterocycles. The highest BCUT2D eigenvalue weighted by Gasteiger charge is 2.37. The number of carbonyl (C=O) groups is 2. The molecular formula is C30H34F3N7O4. The zero-order chi connectivity index (χ0) is 31.5. The summed E-state index contributed by atoms with van der Waals surface area (Å²) < 4.78 is 48.2. The minimum atomic E-state index is -4.79. The first-order chi connectivity index (χ1) is 20.8. The Kier molecular flexibility index (Phi) is 8.88. The summed E-state index contributed by atoms with van der Waals surface area (Å²) in [6.07, 6.45) is 1.72. The summed E-state index contributed by atoms with van der Waals surface area (Å²) in [6, 6.07) is 7.47. The lowest BCUT2D eigenvalue weighted by Crippen LogP contribution is -2.52. The average Bonchev–Trinajstić information content (AvgIpc) is 3.54. The molecule has 2 amide bonds. The van der Waals surface area contributed by atoms with Crippen LogP contribution < -0.4 is 10.1 Å². The van der Waals surface area contributed by atoms with Crippen LogP contribution in [0.4, 0.5) is 18.0 Å². The van der Waals surface area contributed by atoms with Gasteiger partial charge in [-0.3, -0.25) is 9.48 Å². The van der Waals surface area contributed by atoms with Gasteiger partial charge in [-0.05, 0) is 69.4 Å². The number of likely N-dealkylation sites (tertiary alicyclic amines) is 1. The van der Waals surface area contributed by atoms with E-state index in [1.165, 1.54) is 30.0 Å². The van der Waals surface area contributed by atoms with Crippen LogP contribution >= 0.6 is 0 Å². The predicted molar refractivity (Wildman–Crippen MR) is 152 cm³/mol. The van der Waals surface area contributed by atoms with Gasteiger partial charge in [0.2, 0.25) is 0 Å². The fourth-order valence-electron chi connectivity index (χ4n) is 4.97. The van der Waals surface area contributed by atoms with Gasteiger partial charge in [-0.25, -0.2) is 4.79 Å². The first-order valence-corrected chi connectivity index (χ1v) is 14.4. The summed E-state index contributed by atoms with van der Waals surface area (Å²) in [5.41, 5.74) is 4.24. The number of benzene rings is 1. The average molecular weight is 614 g/mol. The number of amides is 2. The molecule has 0 spiro atoms. The molecule has 5 rings (SSSR count). The van der Waals surface area contributed by atoms with Crippen LogP contribution in [-0.4, -0.2) is 67.1 Å². The van der Waals surface area contributed by atoms with Gasteiger partial charge in [-0.15, -0.1) is 18.3 Å². The molecule has 1 N–H and O–H groups in total. The molecule has 11 nitrogen and oxygen atoms in total. The Bertz CT molecular complexity index is 1540. The number of ether oxygens (including phenoxy) is 2. The zero-order valence-electron chi connectivity index (χ0n) is 24.7. The number of aryl methyl sites for hydroxylation is 2. The summed E-state index contributed by atoms with van der Waals surface area (Å²) in [5, 5.41) is 19.4. The number of fused-ring (bicyclic) bond motifs is 1. The second-order valence-electron chi connectivity index (χ2n) is 11.9. The van der Waals surface area contributed by atoms with Crippen molar-refractivity contribution < 1.29 is 32.2 Å². The first-order valence-electron chi connectivity index (χ1n) is 14.4. The molecule has 0 unspecified atom stereocenters. The quantitative estimate of drug-likeness (QED) is 0.326. The van der Waals surface area contributed by atoms with Crippen molar-refractivity contribution in [2.75, 3.05) is 13.1 Å². The van der Waals surface area contributed by atoms with Gasteiger partial charge in [0, 0.05) is 38.5 Å². The maximum Gasteiger partial charge on any atom is 0.573 e. The molecule has 44 heavy (non-hydrogen) atoms. The number of halogens is 3. The fourth-order valence-corrected chi connectivity index (χ4v) is 4.97. The lowest BCUT2D eigenvalue weighted by molar-refractivity contribution is -0.274. The van der Waals surface area contributed by atoms with Crippen LogP contribution in [0.5, 0.6) is 5.75 Å². The minimum Gasteiger partial charge on any atom is -0.444 e. The topological polar surface area (TPSA) is 124 Å². The molecule has 0 atom stereocenters. The van der Waals surface area contributed by atoms with Crippen molar-refractivity contribution in [2.45, 2.75) is 71.5 Å². The third-order valence-electron chi connectivity index (χ3n) is 7.15. The molecule has 14 heteroatoms. The molecule has 1 saturated heterocycles. The van der Waals surface area contributed by atoms with Crippen LogP contribution in [0, 0.1) is 5.92 Å². The van der Waals surface area contributed by atoms with Crippen molar-refractivity contribution in [1.29, 1.82) is 0 Å². The van der Waals surface area contributed by atoms with Gasteiger partial charge in [-0.1, -0.05) is 29.0 Å². The first kappa shape index (κ1) is 31.0. The van der Waals surface area contributed by atoms with Crippen LogP contribution in [0.25, 0.3) is 6.08 Å². The second-order valence-corrected chi connectivity index (χ2v) is 11.9. The zero-order valence-corrected chi connectivity index (χ0v) is 24.7. The predicted octanol–water partition coefficient (Wildman–Crippen LogP) is 4.73. The Morgan fingerprint density at radius 1 is 1.07 bits per heavy atom. The normalized spacial score (nSPS) is 15.0. The van der Waals surface area contributed by atoms with Crippen molar-refractivity contribution >= 4 is 18.1 Å². The summed E-state index contributed by atoms with van der Waals surface area (Å²) in [7, 11) is 0. The summed E-state index contributed by atoms with van der Waals surface area (Å²) >= 11 is 0. The Morgan fingerprint density at radius 3 is 2.61 bits per heavy atom. The van der Waals surface area contributed by atoms with E-state index in [1.807, 2.05) is 20.8 Å². The van der Waals surface area contributed by atoms with E-state index < -0.39 is 17.9 Å². The largest absolute Gasteiger partial charge is 0.573 e. The van der Waals surface area contributed by atoms with Crippen molar-refractivity contribution in [2.24, 2.45) is 5.92 Å². The van der Waals surface area contributed by atoms with Gasteiger partial charge >= 0.3 is 12.5 Å². The number of alkyl halides is 3. The van der Waals surface area contributed by atoms with Gasteiger partial charge in [0.05, 0.1) is 17.6 Å². The summed E-state index contributed by atoms with van der Waals surface area (Å²) in [4.78, 5) is 26.4. The molecule has 0 bridgehead atoms. The number of carbonyl (C=O) groups excluding carboxylic acids is 2. The molecule has 2 aliphatic rings. The van der Waals surface area contributed by atoms with E-state index in [4.69, 9.17) is 4.74 Å². The van der Waals surface area contributed by atoms with E-state index in [2.05, 4.69) is 42.7 Å². The standard InChI is InChI=1S/C30H34F3N7O4/c1-29(2,3)44-28(42)39-16-22(17-39)20-12-21-13-23(35-36-25(21)14-20)8-4-5-10-40-18-26(37-38-40)27(41)34-15-19-7-6-9-24(11-19)43-30(31,32)33/h6-7,9,11-13,18,22H,4-5,8,10,14-17H2,1-3H3,(H,34,41). The lowest BCUT2D eigenvalue weighted by Gasteiger charge is -2.40. The van der Waals surface area contributed by atoms with E-state index in [0.717, 1.165) is 42.6 Å². The highest BCUT2D eigenvalue weighted by atomic mass is 19.4. The summed E-state index contributed by atoms with van der Waals surface area (Å²) in [6.45, 7) is 7.43. The van der Waals surface area contributed by atoms with E-state index in [0.29, 0.717) is 31.1 Å². The third-order valence-corrected chi connectivity index (χ3v) is 7.15. The van der Waals surface area contributed by atoms with E-state index in [-0.39, 0.29) is 24.1 Å². The molecule has 1 aromatic carbocycles. The van der Waals surface area contributed by atoms with Gasteiger partial charge in [-0.2, -0.15) is 10.2 Å². The fraction of sp³-hybridized carbons (Fsp3) is 0.467. The van der Waals surface area contributed by atoms with Crippen LogP contribution in [0.2, 0.25) is 0 Å². The number of rotatable bonds is 10. The molecule has 234 valence electrons. The second kappa shape index (κ2) is 12.6. The van der Waals surface area contributed by atoms with Crippen LogP contribution in [-0.2, 0) is 30.7 Å². The Balaban J connectivity index is 1.03. The lowest BCUT2D eigenvalue weighted by atomic mass is 9.91. The third kappa shape index (κ3) is 8.32. The van der Waals surface area contributed by atoms with Crippen LogP contribution in [0.1, 0.15) is 66.6 Å². The molecule has 1 aliphatic heterocycles. The van der Waals surface area contributed by atoms with E-state index in [1.54, 1.807) is 15.6 Å². The van der Waals surface area contributed by atoms with Gasteiger partial charge in [0.25, 0.3) is 5.91 Å². The smallest absolute Gasteiger partial charge is 0.444 e. The number of aromatic nitrogens is 5. The van der Waals surface area contributed by atoms with Crippen molar-refractivity contribution in [3.05, 3.63) is 70.3 Å². The Hall–Kier alpha value is -4.49. The summed E-state index contributed by atoms with van der Waals surface area (Å²) in [5.74, 6) is -0.540. The van der Waals surface area contributed by atoms with Gasteiger partial charge < -0.3 is 19.7 Å². The molecule has 1 aliphatic carbocycles. The van der Waals surface area contributed by atoms with E-state index >= 15 is 0 Å². The monoisotopic (exact) mass is 613 g/mol. The minimum absolute atomic E-state index is 0.00439. The highest BCUT2D eigenvalue weighted by Crippen LogP contribution is 2.34. The molecule has 1 fully saturated rings. The van der Waals surface area contributed by atoms with Crippen molar-refractivity contribution in [3.8, 4) is 5.75 Å². The van der Waals surface area contributed by atoms with Crippen LogP contribution in [0.15, 0.2) is 42.1 Å². The molecule has 0 saturated carbocycles. The molecule has 0 radical (unpaired) electrons. The van der Waals surface area contributed by atoms with Crippen LogP contribution in [0.3, 0.4) is 0 Å². The van der Waals surface area contributed by atoms with Gasteiger partial charge in [0.1, 0.15) is 11.4 Å². The highest BCUT2D eigenvalue weighted by molar-refractivity contribution is 5.91. The van der Waals surface area contributed by atoms with E-state index in [9.17, 15) is 22.8 Å². The molecule has 3 aromatic rings. The van der Waals surface area contributed by atoms with Gasteiger partial charge in [0.15, 0.2) is 5.69 Å².